The Hall–Kier alpha value is -2.18. The van der Waals surface area contributed by atoms with E-state index in [1.165, 1.54) is 6.20 Å². The summed E-state index contributed by atoms with van der Waals surface area (Å²) in [7, 11) is 0. The molecule has 0 atom stereocenters. The summed E-state index contributed by atoms with van der Waals surface area (Å²) in [5.74, 6) is 1.03. The summed E-state index contributed by atoms with van der Waals surface area (Å²) < 4.78 is 27.6. The van der Waals surface area contributed by atoms with Gasteiger partial charge in [0.25, 0.3) is 6.43 Å². The second kappa shape index (κ2) is 6.96. The number of anilines is 1. The zero-order valence-electron chi connectivity index (χ0n) is 17.5. The summed E-state index contributed by atoms with van der Waals surface area (Å²) >= 11 is 0. The highest BCUT2D eigenvalue weighted by Crippen LogP contribution is 2.68. The molecular weight excluding hydrogens is 374 g/mol. The zero-order valence-corrected chi connectivity index (χ0v) is 17.5. The molecule has 0 aromatic carbocycles. The van der Waals surface area contributed by atoms with Crippen LogP contribution in [0.25, 0.3) is 5.65 Å². The number of fused-ring (bicyclic) bond motifs is 1. The third kappa shape index (κ3) is 3.49. The Kier molecular flexibility index (Phi) is 4.82. The fourth-order valence-corrected chi connectivity index (χ4v) is 4.98. The molecule has 7 heteroatoms. The van der Waals surface area contributed by atoms with Crippen LogP contribution in [0.15, 0.2) is 24.4 Å². The number of carbonyl (C=O) groups is 1. The third-order valence-corrected chi connectivity index (χ3v) is 7.44. The average molecular weight is 405 g/mol. The van der Waals surface area contributed by atoms with Crippen LogP contribution in [0.1, 0.15) is 65.5 Å². The standard InChI is InChI=1S/C22H30F2N4O/c1-21(2)18(22(21,3)4)20(29)26-14-10-8-13(9-11-14)25-16-6-5-7-17-27-15(19(23)24)12-28(16)17/h5-7,12-14,18-19,25H,8-11H2,1-4H3,(H,26,29). The Morgan fingerprint density at radius 2 is 1.72 bits per heavy atom. The predicted octanol–water partition coefficient (Wildman–Crippen LogP) is 4.79. The van der Waals surface area contributed by atoms with Crippen molar-refractivity contribution in [3.63, 3.8) is 0 Å². The van der Waals surface area contributed by atoms with E-state index in [4.69, 9.17) is 0 Å². The lowest BCUT2D eigenvalue weighted by atomic mass is 9.91. The maximum atomic E-state index is 13.0. The average Bonchev–Trinajstić information content (AvgIpc) is 2.97. The lowest BCUT2D eigenvalue weighted by Gasteiger charge is -2.30. The van der Waals surface area contributed by atoms with Gasteiger partial charge >= 0.3 is 0 Å². The Bertz CT molecular complexity index is 899. The van der Waals surface area contributed by atoms with Crippen LogP contribution < -0.4 is 10.6 Å². The van der Waals surface area contributed by atoms with Gasteiger partial charge in [-0.3, -0.25) is 9.20 Å². The number of rotatable bonds is 5. The fourth-order valence-electron chi connectivity index (χ4n) is 4.98. The van der Waals surface area contributed by atoms with Gasteiger partial charge in [0.1, 0.15) is 17.2 Å². The van der Waals surface area contributed by atoms with Crippen molar-refractivity contribution in [1.82, 2.24) is 14.7 Å². The first-order chi connectivity index (χ1) is 13.6. The fraction of sp³-hybridized carbons (Fsp3) is 0.636. The van der Waals surface area contributed by atoms with Gasteiger partial charge in [-0.25, -0.2) is 13.8 Å². The molecule has 29 heavy (non-hydrogen) atoms. The second-order valence-corrected chi connectivity index (χ2v) is 9.68. The molecule has 0 radical (unpaired) electrons. The van der Waals surface area contributed by atoms with Crippen molar-refractivity contribution in [2.24, 2.45) is 16.7 Å². The largest absolute Gasteiger partial charge is 0.368 e. The van der Waals surface area contributed by atoms with Crippen LogP contribution in [-0.2, 0) is 4.79 Å². The molecule has 158 valence electrons. The van der Waals surface area contributed by atoms with E-state index in [0.717, 1.165) is 31.5 Å². The summed E-state index contributed by atoms with van der Waals surface area (Å²) in [6.45, 7) is 8.64. The Morgan fingerprint density at radius 1 is 1.10 bits per heavy atom. The number of pyridine rings is 1. The van der Waals surface area contributed by atoms with Gasteiger partial charge in [-0.05, 0) is 48.6 Å². The number of imidazole rings is 1. The maximum absolute atomic E-state index is 13.0. The summed E-state index contributed by atoms with van der Waals surface area (Å²) in [6.07, 6.45) is 2.50. The van der Waals surface area contributed by atoms with Crippen molar-refractivity contribution in [2.75, 3.05) is 5.32 Å². The molecular formula is C22H30F2N4O. The summed E-state index contributed by atoms with van der Waals surface area (Å²) in [5.41, 5.74) is 0.407. The molecule has 2 N–H and O–H groups in total. The van der Waals surface area contributed by atoms with E-state index in [2.05, 4.69) is 43.3 Å². The first-order valence-electron chi connectivity index (χ1n) is 10.4. The molecule has 5 nitrogen and oxygen atoms in total. The van der Waals surface area contributed by atoms with Crippen molar-refractivity contribution in [3.05, 3.63) is 30.1 Å². The van der Waals surface area contributed by atoms with Gasteiger partial charge in [-0.15, -0.1) is 0 Å². The molecule has 2 aromatic heterocycles. The number of aromatic nitrogens is 2. The van der Waals surface area contributed by atoms with Crippen LogP contribution in [0.4, 0.5) is 14.6 Å². The minimum atomic E-state index is -2.58. The minimum Gasteiger partial charge on any atom is -0.368 e. The van der Waals surface area contributed by atoms with Crippen molar-refractivity contribution in [3.8, 4) is 0 Å². The van der Waals surface area contributed by atoms with Crippen LogP contribution in [0.5, 0.6) is 0 Å². The number of nitrogens with zero attached hydrogens (tertiary/aromatic N) is 2. The number of nitrogens with one attached hydrogen (secondary N) is 2. The highest BCUT2D eigenvalue weighted by atomic mass is 19.3. The third-order valence-electron chi connectivity index (χ3n) is 7.44. The molecule has 2 saturated carbocycles. The first kappa shape index (κ1) is 20.1. The number of carbonyl (C=O) groups excluding carboxylic acids is 1. The quantitative estimate of drug-likeness (QED) is 0.753. The minimum absolute atomic E-state index is 0.0520. The van der Waals surface area contributed by atoms with Gasteiger partial charge in [0.05, 0.1) is 0 Å². The molecule has 2 heterocycles. The van der Waals surface area contributed by atoms with Crippen LogP contribution in [-0.4, -0.2) is 27.4 Å². The first-order valence-corrected chi connectivity index (χ1v) is 10.4. The van der Waals surface area contributed by atoms with E-state index in [1.54, 1.807) is 10.5 Å². The van der Waals surface area contributed by atoms with Crippen molar-refractivity contribution >= 4 is 17.4 Å². The van der Waals surface area contributed by atoms with Crippen LogP contribution in [0.3, 0.4) is 0 Å². The van der Waals surface area contributed by atoms with Crippen LogP contribution >= 0.6 is 0 Å². The van der Waals surface area contributed by atoms with Crippen molar-refractivity contribution < 1.29 is 13.6 Å². The normalized spacial score (nSPS) is 25.9. The monoisotopic (exact) mass is 404 g/mol. The van der Waals surface area contributed by atoms with Gasteiger partial charge in [-0.2, -0.15) is 0 Å². The van der Waals surface area contributed by atoms with E-state index in [9.17, 15) is 13.6 Å². The molecule has 4 rings (SSSR count). The number of hydrogen-bond acceptors (Lipinski definition) is 3. The summed E-state index contributed by atoms with van der Waals surface area (Å²) in [5, 5.41) is 6.73. The Balaban J connectivity index is 1.34. The van der Waals surface area contributed by atoms with Crippen LogP contribution in [0.2, 0.25) is 0 Å². The molecule has 2 aromatic rings. The molecule has 0 saturated heterocycles. The van der Waals surface area contributed by atoms with Gasteiger partial charge < -0.3 is 10.6 Å². The smallest absolute Gasteiger partial charge is 0.281 e. The van der Waals surface area contributed by atoms with Gasteiger partial charge in [0.2, 0.25) is 5.91 Å². The van der Waals surface area contributed by atoms with Crippen molar-refractivity contribution in [1.29, 1.82) is 0 Å². The summed E-state index contributed by atoms with van der Waals surface area (Å²) in [6, 6.07) is 5.90. The molecule has 2 aliphatic rings. The van der Waals surface area contributed by atoms with E-state index in [0.29, 0.717) is 5.65 Å². The molecule has 2 fully saturated rings. The predicted molar refractivity (Wildman–Crippen MR) is 109 cm³/mol. The van der Waals surface area contributed by atoms with Crippen LogP contribution in [0, 0.1) is 16.7 Å². The molecule has 2 aliphatic carbocycles. The SMILES string of the molecule is CC1(C)C(C(=O)NC2CCC(Nc3cccc4nc(C(F)F)cn34)CC2)C1(C)C. The molecule has 0 bridgehead atoms. The van der Waals surface area contributed by atoms with E-state index in [1.807, 2.05) is 12.1 Å². The number of hydrogen-bond donors (Lipinski definition) is 2. The highest BCUT2D eigenvalue weighted by Gasteiger charge is 2.68. The molecule has 0 unspecified atom stereocenters. The lowest BCUT2D eigenvalue weighted by Crippen LogP contribution is -2.41. The van der Waals surface area contributed by atoms with Gasteiger partial charge in [0, 0.05) is 24.2 Å². The van der Waals surface area contributed by atoms with E-state index in [-0.39, 0.29) is 40.4 Å². The van der Waals surface area contributed by atoms with E-state index < -0.39 is 6.43 Å². The number of amides is 1. The zero-order chi connectivity index (χ0) is 21.0. The van der Waals surface area contributed by atoms with Crippen molar-refractivity contribution in [2.45, 2.75) is 71.9 Å². The second-order valence-electron chi connectivity index (χ2n) is 9.68. The topological polar surface area (TPSA) is 58.4 Å². The van der Waals surface area contributed by atoms with E-state index >= 15 is 0 Å². The highest BCUT2D eigenvalue weighted by molar-refractivity contribution is 5.84. The van der Waals surface area contributed by atoms with Gasteiger partial charge in [-0.1, -0.05) is 33.8 Å². The Labute approximate surface area is 170 Å². The molecule has 0 aliphatic heterocycles. The molecule has 0 spiro atoms. The lowest BCUT2D eigenvalue weighted by molar-refractivity contribution is -0.124. The maximum Gasteiger partial charge on any atom is 0.281 e. The summed E-state index contributed by atoms with van der Waals surface area (Å²) in [4.78, 5) is 16.7. The number of alkyl halides is 2. The number of halogens is 2. The van der Waals surface area contributed by atoms with Gasteiger partial charge in [0.15, 0.2) is 0 Å². The molecule has 1 amide bonds. The Morgan fingerprint density at radius 3 is 2.31 bits per heavy atom.